The van der Waals surface area contributed by atoms with Crippen molar-refractivity contribution < 1.29 is 27.4 Å². The number of alkyl halides is 1. The molecular formula is C29H31F3N8O3. The molecule has 0 saturated carbocycles. The van der Waals surface area contributed by atoms with Gasteiger partial charge in [-0.05, 0) is 41.8 Å². The summed E-state index contributed by atoms with van der Waals surface area (Å²) in [4.78, 5) is 24.5. The van der Waals surface area contributed by atoms with E-state index in [1.54, 1.807) is 31.7 Å². The number of anilines is 3. The second-order valence-corrected chi connectivity index (χ2v) is 11.0. The van der Waals surface area contributed by atoms with Crippen LogP contribution in [0.1, 0.15) is 12.5 Å². The highest BCUT2D eigenvalue weighted by Gasteiger charge is 2.42. The number of imidazole rings is 1. The molecule has 3 N–H and O–H groups in total. The molecule has 2 saturated heterocycles. The molecule has 43 heavy (non-hydrogen) atoms. The number of ether oxygens (including phenoxy) is 2. The van der Waals surface area contributed by atoms with Gasteiger partial charge >= 0.3 is 6.09 Å². The Hall–Kier alpha value is -4.43. The topological polar surface area (TPSA) is 123 Å². The monoisotopic (exact) mass is 596 g/mol. The zero-order chi connectivity index (χ0) is 30.5. The van der Waals surface area contributed by atoms with Crippen LogP contribution >= 0.6 is 0 Å². The number of piperidine rings is 1. The lowest BCUT2D eigenvalue weighted by atomic mass is 9.89. The Morgan fingerprint density at radius 3 is 2.58 bits per heavy atom. The number of hydrogen-bond donors (Lipinski definition) is 2. The van der Waals surface area contributed by atoms with Gasteiger partial charge in [0, 0.05) is 32.4 Å². The van der Waals surface area contributed by atoms with E-state index in [1.807, 2.05) is 13.0 Å². The summed E-state index contributed by atoms with van der Waals surface area (Å²) in [5.41, 5.74) is 6.16. The van der Waals surface area contributed by atoms with Crippen LogP contribution in [-0.4, -0.2) is 83.1 Å². The number of carbonyl (C=O) groups excluding carboxylic acids is 1. The third-order valence-corrected chi connectivity index (χ3v) is 8.12. The summed E-state index contributed by atoms with van der Waals surface area (Å²) in [7, 11) is 3.02. The lowest BCUT2D eigenvalue weighted by Gasteiger charge is -2.45. The van der Waals surface area contributed by atoms with Crippen molar-refractivity contribution in [3.63, 3.8) is 0 Å². The van der Waals surface area contributed by atoms with Gasteiger partial charge in [0.05, 0.1) is 66.9 Å². The lowest BCUT2D eigenvalue weighted by molar-refractivity contribution is -0.135. The number of likely N-dealkylation sites (N-methyl/N-ethyl adjacent to an activating group) is 1. The van der Waals surface area contributed by atoms with Crippen LogP contribution in [0.2, 0.25) is 0 Å². The molecule has 0 aliphatic carbocycles. The molecule has 11 nitrogen and oxygen atoms in total. The van der Waals surface area contributed by atoms with Crippen LogP contribution in [0.5, 0.6) is 0 Å². The molecule has 0 radical (unpaired) electrons. The number of fused-ring (bicyclic) bond motifs is 1. The Morgan fingerprint density at radius 2 is 1.93 bits per heavy atom. The zero-order valence-electron chi connectivity index (χ0n) is 23.8. The summed E-state index contributed by atoms with van der Waals surface area (Å²) in [6.07, 6.45) is 4.43. The van der Waals surface area contributed by atoms with Crippen LogP contribution in [0.3, 0.4) is 0 Å². The fourth-order valence-electron chi connectivity index (χ4n) is 5.95. The lowest BCUT2D eigenvalue weighted by Crippen LogP contribution is -2.62. The molecule has 4 aromatic rings. The highest BCUT2D eigenvalue weighted by molar-refractivity contribution is 5.74. The van der Waals surface area contributed by atoms with E-state index in [0.29, 0.717) is 24.3 Å². The predicted molar refractivity (Wildman–Crippen MR) is 153 cm³/mol. The first-order valence-electron chi connectivity index (χ1n) is 13.7. The number of nitrogens with one attached hydrogen (secondary N) is 1. The van der Waals surface area contributed by atoms with Gasteiger partial charge in [-0.25, -0.2) is 22.9 Å². The SMILES string of the molecule is COC(=O)N(C)[C@@H]1[C@H](N)CN(c2ccncc2Nc2ncc3ccc(-c4c(F)cc(C5(F)COC5)cc4F)nn23)C[C@@H]1C. The molecule has 1 amide bonds. The Morgan fingerprint density at radius 1 is 1.19 bits per heavy atom. The molecule has 5 heterocycles. The van der Waals surface area contributed by atoms with Crippen molar-refractivity contribution in [1.82, 2.24) is 24.5 Å². The number of hydrogen-bond acceptors (Lipinski definition) is 9. The summed E-state index contributed by atoms with van der Waals surface area (Å²) in [6.45, 7) is 2.59. The molecule has 0 bridgehead atoms. The summed E-state index contributed by atoms with van der Waals surface area (Å²) in [6, 6.07) is 6.36. The molecule has 6 rings (SSSR count). The first kappa shape index (κ1) is 28.7. The van der Waals surface area contributed by atoms with Crippen molar-refractivity contribution in [2.75, 3.05) is 50.7 Å². The maximum absolute atomic E-state index is 15.1. The fourth-order valence-corrected chi connectivity index (χ4v) is 5.95. The van der Waals surface area contributed by atoms with Gasteiger partial charge in [-0.3, -0.25) is 4.98 Å². The van der Waals surface area contributed by atoms with Gasteiger partial charge in [-0.1, -0.05) is 6.92 Å². The van der Waals surface area contributed by atoms with Crippen molar-refractivity contribution >= 4 is 28.9 Å². The minimum absolute atomic E-state index is 0.0101. The average molecular weight is 597 g/mol. The van der Waals surface area contributed by atoms with E-state index in [-0.39, 0.29) is 54.0 Å². The van der Waals surface area contributed by atoms with E-state index in [4.69, 9.17) is 15.2 Å². The highest BCUT2D eigenvalue weighted by atomic mass is 19.1. The smallest absolute Gasteiger partial charge is 0.409 e. The number of rotatable bonds is 6. The van der Waals surface area contributed by atoms with Gasteiger partial charge in [0.15, 0.2) is 5.67 Å². The molecule has 226 valence electrons. The number of nitrogens with zero attached hydrogens (tertiary/aromatic N) is 6. The number of carbonyl (C=O) groups is 1. The molecule has 2 aliphatic heterocycles. The third kappa shape index (κ3) is 5.10. The molecule has 14 heteroatoms. The van der Waals surface area contributed by atoms with Gasteiger partial charge in [0.1, 0.15) is 11.6 Å². The largest absolute Gasteiger partial charge is 0.453 e. The first-order valence-corrected chi connectivity index (χ1v) is 13.7. The van der Waals surface area contributed by atoms with Crippen LogP contribution in [-0.2, 0) is 15.1 Å². The van der Waals surface area contributed by atoms with E-state index >= 15 is 8.78 Å². The molecule has 2 aliphatic rings. The van der Waals surface area contributed by atoms with Crippen LogP contribution in [0.15, 0.2) is 48.9 Å². The minimum Gasteiger partial charge on any atom is -0.453 e. The van der Waals surface area contributed by atoms with Gasteiger partial charge in [0.2, 0.25) is 5.95 Å². The number of aromatic nitrogens is 4. The average Bonchev–Trinajstić information content (AvgIpc) is 3.36. The normalized spacial score (nSPS) is 21.4. The van der Waals surface area contributed by atoms with Crippen LogP contribution < -0.4 is 16.0 Å². The van der Waals surface area contributed by atoms with Crippen LogP contribution in [0, 0.1) is 17.6 Å². The quantitative estimate of drug-likeness (QED) is 0.342. The van der Waals surface area contributed by atoms with E-state index in [1.165, 1.54) is 22.6 Å². The number of halogens is 3. The Bertz CT molecular complexity index is 1640. The number of methoxy groups -OCH3 is 1. The Balaban J connectivity index is 1.28. The number of amides is 1. The van der Waals surface area contributed by atoms with E-state index in [0.717, 1.165) is 17.8 Å². The maximum Gasteiger partial charge on any atom is 0.409 e. The predicted octanol–water partition coefficient (Wildman–Crippen LogP) is 3.86. The highest BCUT2D eigenvalue weighted by Crippen LogP contribution is 2.37. The Labute approximate surface area is 245 Å². The van der Waals surface area contributed by atoms with Crippen molar-refractivity contribution in [3.8, 4) is 11.3 Å². The molecule has 2 fully saturated rings. The second-order valence-electron chi connectivity index (χ2n) is 11.0. The number of pyridine rings is 1. The van der Waals surface area contributed by atoms with Gasteiger partial charge in [-0.15, -0.1) is 0 Å². The second kappa shape index (κ2) is 11.0. The van der Waals surface area contributed by atoms with Crippen molar-refractivity contribution in [2.45, 2.75) is 24.7 Å². The Kier molecular flexibility index (Phi) is 7.34. The van der Waals surface area contributed by atoms with Gasteiger partial charge in [-0.2, -0.15) is 9.61 Å². The fraction of sp³-hybridized carbons (Fsp3) is 0.379. The molecular weight excluding hydrogens is 565 g/mol. The summed E-state index contributed by atoms with van der Waals surface area (Å²) in [5, 5.41) is 7.70. The van der Waals surface area contributed by atoms with E-state index in [2.05, 4.69) is 25.3 Å². The van der Waals surface area contributed by atoms with E-state index in [9.17, 15) is 9.18 Å². The van der Waals surface area contributed by atoms with Crippen LogP contribution in [0.25, 0.3) is 16.8 Å². The molecule has 0 spiro atoms. The first-order chi connectivity index (χ1) is 20.6. The van der Waals surface area contributed by atoms with Crippen molar-refractivity contribution in [1.29, 1.82) is 0 Å². The minimum atomic E-state index is -1.91. The van der Waals surface area contributed by atoms with Crippen LogP contribution in [0.4, 0.5) is 35.3 Å². The molecule has 1 aromatic carbocycles. The third-order valence-electron chi connectivity index (χ3n) is 8.12. The summed E-state index contributed by atoms with van der Waals surface area (Å²) in [5.74, 6) is -1.55. The summed E-state index contributed by atoms with van der Waals surface area (Å²) >= 11 is 0. The number of nitrogens with two attached hydrogens (primary N) is 1. The van der Waals surface area contributed by atoms with Gasteiger partial charge < -0.3 is 30.3 Å². The van der Waals surface area contributed by atoms with Crippen molar-refractivity contribution in [2.24, 2.45) is 11.7 Å². The molecule has 3 aromatic heterocycles. The van der Waals surface area contributed by atoms with Crippen molar-refractivity contribution in [3.05, 3.63) is 66.1 Å². The molecule has 0 unspecified atom stereocenters. The maximum atomic E-state index is 15.1. The zero-order valence-corrected chi connectivity index (χ0v) is 23.8. The van der Waals surface area contributed by atoms with E-state index < -0.39 is 23.4 Å². The standard InChI is InChI=1S/C29H31F3N8O3/c1-16-12-39(13-21(33)26(16)38(2)28(41)42-3)24-6-7-34-11-23(24)36-27-35-10-18-4-5-22(37-40(18)27)25-19(30)8-17(9-20(25)31)29(32)14-43-15-29/h4-11,16,21,26H,12-15,33H2,1-3H3,(H,35,36)/t16-,21+,26-/m0/s1. The van der Waals surface area contributed by atoms with Gasteiger partial charge in [0.25, 0.3) is 0 Å². The summed E-state index contributed by atoms with van der Waals surface area (Å²) < 4.78 is 56.2. The molecule has 3 atom stereocenters. The number of benzene rings is 1.